The zero-order chi connectivity index (χ0) is 13.9. The Labute approximate surface area is 111 Å². The predicted molar refractivity (Wildman–Crippen MR) is 71.2 cm³/mol. The van der Waals surface area contributed by atoms with Crippen molar-refractivity contribution >= 4 is 11.6 Å². The van der Waals surface area contributed by atoms with E-state index >= 15 is 0 Å². The van der Waals surface area contributed by atoms with Crippen molar-refractivity contribution in [1.82, 2.24) is 5.32 Å². The molecule has 0 aliphatic heterocycles. The summed E-state index contributed by atoms with van der Waals surface area (Å²) in [5, 5.41) is 12.3. The number of amides is 1. The average molecular weight is 266 g/mol. The van der Waals surface area contributed by atoms with Crippen molar-refractivity contribution in [3.05, 3.63) is 29.6 Å². The van der Waals surface area contributed by atoms with Gasteiger partial charge in [-0.05, 0) is 31.0 Å². The second kappa shape index (κ2) is 5.57. The summed E-state index contributed by atoms with van der Waals surface area (Å²) in [6.07, 6.45) is 4.49. The topological polar surface area (TPSA) is 75.4 Å². The lowest BCUT2D eigenvalue weighted by Gasteiger charge is -2.36. The molecule has 1 aliphatic rings. The Kier molecular flexibility index (Phi) is 4.04. The highest BCUT2D eigenvalue weighted by Gasteiger charge is 2.33. The molecule has 104 valence electrons. The van der Waals surface area contributed by atoms with Gasteiger partial charge in [-0.3, -0.25) is 4.79 Å². The minimum Gasteiger partial charge on any atom is -0.399 e. The second-order valence-electron chi connectivity index (χ2n) is 5.19. The number of nitrogens with one attached hydrogen (secondary N) is 1. The number of hydrogen-bond donors (Lipinski definition) is 3. The van der Waals surface area contributed by atoms with Crippen LogP contribution >= 0.6 is 0 Å². The van der Waals surface area contributed by atoms with Crippen LogP contribution < -0.4 is 11.1 Å². The van der Waals surface area contributed by atoms with Crippen molar-refractivity contribution in [2.45, 2.75) is 37.6 Å². The number of benzene rings is 1. The van der Waals surface area contributed by atoms with E-state index in [0.29, 0.717) is 0 Å². The Morgan fingerprint density at radius 1 is 1.37 bits per heavy atom. The number of nitrogen functional groups attached to an aromatic ring is 1. The van der Waals surface area contributed by atoms with Crippen LogP contribution in [0.5, 0.6) is 0 Å². The van der Waals surface area contributed by atoms with E-state index in [2.05, 4.69) is 5.32 Å². The van der Waals surface area contributed by atoms with E-state index in [1.165, 1.54) is 12.1 Å². The number of aliphatic hydroxyl groups excluding tert-OH is 1. The number of aliphatic hydroxyl groups is 1. The van der Waals surface area contributed by atoms with E-state index in [1.54, 1.807) is 0 Å². The van der Waals surface area contributed by atoms with Crippen LogP contribution in [0.2, 0.25) is 0 Å². The van der Waals surface area contributed by atoms with Gasteiger partial charge in [0.05, 0.1) is 17.7 Å². The third-order valence-electron chi connectivity index (χ3n) is 3.73. The summed E-state index contributed by atoms with van der Waals surface area (Å²) < 4.78 is 13.7. The number of anilines is 1. The first kappa shape index (κ1) is 13.8. The quantitative estimate of drug-likeness (QED) is 0.731. The van der Waals surface area contributed by atoms with E-state index in [1.807, 2.05) is 0 Å². The van der Waals surface area contributed by atoms with E-state index in [-0.39, 0.29) is 17.9 Å². The fourth-order valence-electron chi connectivity index (χ4n) is 2.57. The Morgan fingerprint density at radius 3 is 2.63 bits per heavy atom. The summed E-state index contributed by atoms with van der Waals surface area (Å²) in [5.74, 6) is -1.13. The molecule has 5 heteroatoms. The van der Waals surface area contributed by atoms with Crippen LogP contribution in [-0.4, -0.2) is 23.2 Å². The van der Waals surface area contributed by atoms with Crippen molar-refractivity contribution in [3.63, 3.8) is 0 Å². The first-order chi connectivity index (χ1) is 9.06. The van der Waals surface area contributed by atoms with Crippen LogP contribution in [0.1, 0.15) is 42.5 Å². The smallest absolute Gasteiger partial charge is 0.254 e. The van der Waals surface area contributed by atoms with Gasteiger partial charge in [0.2, 0.25) is 0 Å². The van der Waals surface area contributed by atoms with Gasteiger partial charge in [-0.25, -0.2) is 4.39 Å². The van der Waals surface area contributed by atoms with Gasteiger partial charge in [0.15, 0.2) is 0 Å². The molecule has 1 saturated carbocycles. The van der Waals surface area contributed by atoms with Crippen LogP contribution in [0.15, 0.2) is 18.2 Å². The third kappa shape index (κ3) is 3.04. The molecule has 1 amide bonds. The molecule has 0 unspecified atom stereocenters. The molecule has 1 aromatic rings. The molecular weight excluding hydrogens is 247 g/mol. The molecule has 0 saturated heterocycles. The highest BCUT2D eigenvalue weighted by atomic mass is 19.1. The first-order valence-corrected chi connectivity index (χ1v) is 6.55. The Bertz CT molecular complexity index is 471. The van der Waals surface area contributed by atoms with Gasteiger partial charge in [0, 0.05) is 5.69 Å². The van der Waals surface area contributed by atoms with Crippen molar-refractivity contribution in [2.24, 2.45) is 0 Å². The van der Waals surface area contributed by atoms with Gasteiger partial charge in [0.1, 0.15) is 5.82 Å². The van der Waals surface area contributed by atoms with Gasteiger partial charge >= 0.3 is 0 Å². The first-order valence-electron chi connectivity index (χ1n) is 6.55. The molecule has 1 aromatic carbocycles. The zero-order valence-corrected chi connectivity index (χ0v) is 10.8. The number of nitrogens with two attached hydrogens (primary N) is 1. The van der Waals surface area contributed by atoms with E-state index in [0.717, 1.165) is 38.2 Å². The molecule has 19 heavy (non-hydrogen) atoms. The maximum atomic E-state index is 13.7. The van der Waals surface area contributed by atoms with Crippen molar-refractivity contribution in [2.75, 3.05) is 12.3 Å². The fraction of sp³-hybridized carbons (Fsp3) is 0.500. The van der Waals surface area contributed by atoms with E-state index in [9.17, 15) is 14.3 Å². The summed E-state index contributed by atoms with van der Waals surface area (Å²) in [6.45, 7) is -0.116. The molecule has 1 fully saturated rings. The summed E-state index contributed by atoms with van der Waals surface area (Å²) in [4.78, 5) is 12.1. The Hall–Kier alpha value is -1.62. The summed E-state index contributed by atoms with van der Waals surface area (Å²) in [7, 11) is 0. The summed E-state index contributed by atoms with van der Waals surface area (Å²) in [5.41, 5.74) is 5.09. The van der Waals surface area contributed by atoms with Crippen LogP contribution in [0, 0.1) is 5.82 Å². The van der Waals surface area contributed by atoms with Crippen LogP contribution in [0.25, 0.3) is 0 Å². The van der Waals surface area contributed by atoms with Crippen molar-refractivity contribution in [1.29, 1.82) is 0 Å². The lowest BCUT2D eigenvalue weighted by Crippen LogP contribution is -2.52. The third-order valence-corrected chi connectivity index (χ3v) is 3.73. The molecule has 0 bridgehead atoms. The van der Waals surface area contributed by atoms with Crippen LogP contribution in [0.3, 0.4) is 0 Å². The fourth-order valence-corrected chi connectivity index (χ4v) is 2.57. The van der Waals surface area contributed by atoms with E-state index < -0.39 is 17.3 Å². The molecule has 1 aliphatic carbocycles. The second-order valence-corrected chi connectivity index (χ2v) is 5.19. The highest BCUT2D eigenvalue weighted by Crippen LogP contribution is 2.28. The molecule has 0 spiro atoms. The molecule has 0 heterocycles. The summed E-state index contributed by atoms with van der Waals surface area (Å²) >= 11 is 0. The molecule has 0 aromatic heterocycles. The van der Waals surface area contributed by atoms with Crippen molar-refractivity contribution < 1.29 is 14.3 Å². The number of carbonyl (C=O) groups is 1. The lowest BCUT2D eigenvalue weighted by molar-refractivity contribution is 0.0755. The number of hydrogen-bond acceptors (Lipinski definition) is 3. The maximum Gasteiger partial charge on any atom is 0.254 e. The highest BCUT2D eigenvalue weighted by molar-refractivity contribution is 5.95. The van der Waals surface area contributed by atoms with Crippen molar-refractivity contribution in [3.8, 4) is 0 Å². The van der Waals surface area contributed by atoms with Gasteiger partial charge in [0.25, 0.3) is 5.91 Å². The largest absolute Gasteiger partial charge is 0.399 e. The number of carbonyl (C=O) groups excluding carboxylic acids is 1. The lowest BCUT2D eigenvalue weighted by atomic mass is 9.82. The maximum absolute atomic E-state index is 13.7. The molecule has 4 nitrogen and oxygen atoms in total. The molecule has 0 atom stereocenters. The minimum absolute atomic E-state index is 0.0346. The van der Waals surface area contributed by atoms with Gasteiger partial charge in [-0.1, -0.05) is 19.3 Å². The predicted octanol–water partition coefficient (Wildman–Crippen LogP) is 1.83. The number of halogens is 1. The SMILES string of the molecule is Nc1ccc(C(=O)NC2(CO)CCCCC2)c(F)c1. The molecule has 0 radical (unpaired) electrons. The summed E-state index contributed by atoms with van der Waals surface area (Å²) in [6, 6.07) is 3.99. The Balaban J connectivity index is 2.15. The van der Waals surface area contributed by atoms with Crippen LogP contribution in [-0.2, 0) is 0 Å². The van der Waals surface area contributed by atoms with E-state index in [4.69, 9.17) is 5.73 Å². The average Bonchev–Trinajstić information content (AvgIpc) is 2.39. The number of rotatable bonds is 3. The van der Waals surface area contributed by atoms with Gasteiger partial charge < -0.3 is 16.2 Å². The standard InChI is InChI=1S/C14H19FN2O2/c15-12-8-10(16)4-5-11(12)13(19)17-14(9-18)6-2-1-3-7-14/h4-5,8,18H,1-3,6-7,9,16H2,(H,17,19). The normalized spacial score (nSPS) is 18.0. The Morgan fingerprint density at radius 2 is 2.05 bits per heavy atom. The molecule has 2 rings (SSSR count). The molecular formula is C14H19FN2O2. The monoisotopic (exact) mass is 266 g/mol. The van der Waals surface area contributed by atoms with Gasteiger partial charge in [-0.2, -0.15) is 0 Å². The minimum atomic E-state index is -0.638. The molecule has 4 N–H and O–H groups in total. The van der Waals surface area contributed by atoms with Crippen LogP contribution in [0.4, 0.5) is 10.1 Å². The van der Waals surface area contributed by atoms with Gasteiger partial charge in [-0.15, -0.1) is 0 Å². The zero-order valence-electron chi connectivity index (χ0n) is 10.8.